The second-order valence-electron chi connectivity index (χ2n) is 1.51. The molecule has 0 radical (unpaired) electrons. The molecule has 0 unspecified atom stereocenters. The highest BCUT2D eigenvalue weighted by Gasteiger charge is 2.14. The molecule has 0 fully saturated rings. The summed E-state index contributed by atoms with van der Waals surface area (Å²) in [5, 5.41) is 16.5. The van der Waals surface area contributed by atoms with Crippen LogP contribution in [0.3, 0.4) is 0 Å². The SMILES string of the molecule is O=S(=O)(O)OC(CO)CO. The monoisotopic (exact) mass is 172 g/mol. The van der Waals surface area contributed by atoms with Gasteiger partial charge in [0, 0.05) is 0 Å². The second-order valence-corrected chi connectivity index (χ2v) is 2.56. The van der Waals surface area contributed by atoms with Crippen molar-refractivity contribution >= 4 is 10.4 Å². The van der Waals surface area contributed by atoms with Gasteiger partial charge in [0.2, 0.25) is 0 Å². The second kappa shape index (κ2) is 3.84. The van der Waals surface area contributed by atoms with Gasteiger partial charge < -0.3 is 10.2 Å². The average Bonchev–Trinajstić information content (AvgIpc) is 1.81. The molecule has 0 aromatic heterocycles. The summed E-state index contributed by atoms with van der Waals surface area (Å²) in [4.78, 5) is 0. The van der Waals surface area contributed by atoms with E-state index in [-0.39, 0.29) is 0 Å². The van der Waals surface area contributed by atoms with Crippen LogP contribution in [0.2, 0.25) is 0 Å². The third kappa shape index (κ3) is 4.65. The van der Waals surface area contributed by atoms with E-state index in [9.17, 15) is 8.42 Å². The fourth-order valence-corrected chi connectivity index (χ4v) is 0.756. The minimum Gasteiger partial charge on any atom is -0.394 e. The Morgan fingerprint density at radius 1 is 1.30 bits per heavy atom. The number of aliphatic hydroxyl groups is 2. The fourth-order valence-electron chi connectivity index (χ4n) is 0.291. The van der Waals surface area contributed by atoms with Crippen molar-refractivity contribution in [2.75, 3.05) is 13.2 Å². The van der Waals surface area contributed by atoms with Crippen molar-refractivity contribution in [2.45, 2.75) is 6.10 Å². The van der Waals surface area contributed by atoms with E-state index in [0.29, 0.717) is 0 Å². The van der Waals surface area contributed by atoms with Gasteiger partial charge in [-0.15, -0.1) is 0 Å². The van der Waals surface area contributed by atoms with Crippen molar-refractivity contribution in [3.05, 3.63) is 0 Å². The van der Waals surface area contributed by atoms with Crippen molar-refractivity contribution in [2.24, 2.45) is 0 Å². The minimum atomic E-state index is -4.57. The molecule has 6 nitrogen and oxygen atoms in total. The molecule has 0 heterocycles. The van der Waals surface area contributed by atoms with E-state index in [4.69, 9.17) is 14.8 Å². The van der Waals surface area contributed by atoms with Gasteiger partial charge in [0.1, 0.15) is 6.10 Å². The zero-order valence-electron chi connectivity index (χ0n) is 4.97. The van der Waals surface area contributed by atoms with Crippen molar-refractivity contribution in [1.29, 1.82) is 0 Å². The fraction of sp³-hybridized carbons (Fsp3) is 1.00. The van der Waals surface area contributed by atoms with E-state index < -0.39 is 29.7 Å². The Morgan fingerprint density at radius 2 is 1.70 bits per heavy atom. The molecule has 0 rings (SSSR count). The minimum absolute atomic E-state index is 0.670. The van der Waals surface area contributed by atoms with E-state index in [2.05, 4.69) is 4.18 Å². The van der Waals surface area contributed by atoms with Crippen molar-refractivity contribution < 1.29 is 27.4 Å². The number of hydrogen-bond donors (Lipinski definition) is 3. The zero-order chi connectivity index (χ0) is 8.20. The summed E-state index contributed by atoms with van der Waals surface area (Å²) in [6.45, 7) is -1.34. The van der Waals surface area contributed by atoms with Crippen molar-refractivity contribution in [3.63, 3.8) is 0 Å². The molecule has 3 N–H and O–H groups in total. The van der Waals surface area contributed by atoms with Gasteiger partial charge in [0.25, 0.3) is 0 Å². The van der Waals surface area contributed by atoms with Gasteiger partial charge in [0.05, 0.1) is 13.2 Å². The first kappa shape index (κ1) is 9.79. The van der Waals surface area contributed by atoms with Crippen LogP contribution in [-0.2, 0) is 14.6 Å². The molecule has 0 bridgehead atoms. The van der Waals surface area contributed by atoms with Crippen LogP contribution in [-0.4, -0.2) is 42.5 Å². The summed E-state index contributed by atoms with van der Waals surface area (Å²) in [6, 6.07) is 0. The standard InChI is InChI=1S/C3H8O6S/c4-1-3(2-5)9-10(6,7)8/h3-5H,1-2H2,(H,6,7,8). The molecule has 0 aliphatic rings. The van der Waals surface area contributed by atoms with E-state index in [0.717, 1.165) is 0 Å². The van der Waals surface area contributed by atoms with Crippen LogP contribution in [0.5, 0.6) is 0 Å². The maximum atomic E-state index is 9.87. The Kier molecular flexibility index (Phi) is 3.76. The van der Waals surface area contributed by atoms with Gasteiger partial charge in [-0.25, -0.2) is 4.18 Å². The van der Waals surface area contributed by atoms with Crippen LogP contribution in [0.15, 0.2) is 0 Å². The molecular weight excluding hydrogens is 164 g/mol. The van der Waals surface area contributed by atoms with Gasteiger partial charge in [-0.2, -0.15) is 8.42 Å². The van der Waals surface area contributed by atoms with Crippen LogP contribution < -0.4 is 0 Å². The van der Waals surface area contributed by atoms with Crippen molar-refractivity contribution in [1.82, 2.24) is 0 Å². The van der Waals surface area contributed by atoms with Gasteiger partial charge in [-0.05, 0) is 0 Å². The summed E-state index contributed by atoms with van der Waals surface area (Å²) >= 11 is 0. The summed E-state index contributed by atoms with van der Waals surface area (Å²) in [5.41, 5.74) is 0. The molecule has 0 saturated carbocycles. The van der Waals surface area contributed by atoms with Gasteiger partial charge in [-0.1, -0.05) is 0 Å². The topological polar surface area (TPSA) is 104 Å². The van der Waals surface area contributed by atoms with E-state index >= 15 is 0 Å². The lowest BCUT2D eigenvalue weighted by Gasteiger charge is -2.07. The molecule has 0 aliphatic carbocycles. The summed E-state index contributed by atoms with van der Waals surface area (Å²) in [7, 11) is -4.57. The molecule has 10 heavy (non-hydrogen) atoms. The summed E-state index contributed by atoms with van der Waals surface area (Å²) < 4.78 is 31.5. The smallest absolute Gasteiger partial charge is 0.394 e. The molecule has 7 heteroatoms. The maximum Gasteiger partial charge on any atom is 0.397 e. The predicted octanol–water partition coefficient (Wildman–Crippen LogP) is -1.84. The maximum absolute atomic E-state index is 9.87. The van der Waals surface area contributed by atoms with Crippen LogP contribution in [0.4, 0.5) is 0 Å². The highest BCUT2D eigenvalue weighted by molar-refractivity contribution is 7.80. The molecule has 0 atom stereocenters. The molecule has 0 amide bonds. The summed E-state index contributed by atoms with van der Waals surface area (Å²) in [6.07, 6.45) is -1.28. The molecule has 0 saturated heterocycles. The Labute approximate surface area is 58.0 Å². The Morgan fingerprint density at radius 3 is 1.80 bits per heavy atom. The number of rotatable bonds is 4. The first-order valence-electron chi connectivity index (χ1n) is 2.37. The van der Waals surface area contributed by atoms with Crippen LogP contribution in [0.25, 0.3) is 0 Å². The average molecular weight is 172 g/mol. The lowest BCUT2D eigenvalue weighted by Crippen LogP contribution is -2.25. The molecule has 0 spiro atoms. The summed E-state index contributed by atoms with van der Waals surface area (Å²) in [5.74, 6) is 0. The molecule has 0 aromatic rings. The highest BCUT2D eigenvalue weighted by Crippen LogP contribution is 1.94. The van der Waals surface area contributed by atoms with Crippen LogP contribution in [0, 0.1) is 0 Å². The normalized spacial score (nSPS) is 12.4. The molecule has 0 aromatic carbocycles. The first-order chi connectivity index (χ1) is 4.49. The largest absolute Gasteiger partial charge is 0.397 e. The molecule has 62 valence electrons. The Hall–Kier alpha value is -0.210. The third-order valence-corrected chi connectivity index (χ3v) is 1.18. The first-order valence-corrected chi connectivity index (χ1v) is 3.73. The number of aliphatic hydroxyl groups excluding tert-OH is 2. The Balaban J connectivity index is 3.87. The van der Waals surface area contributed by atoms with E-state index in [1.54, 1.807) is 0 Å². The van der Waals surface area contributed by atoms with Gasteiger partial charge >= 0.3 is 10.4 Å². The lowest BCUT2D eigenvalue weighted by atomic mass is 10.4. The third-order valence-electron chi connectivity index (χ3n) is 0.665. The van der Waals surface area contributed by atoms with Crippen LogP contribution in [0.1, 0.15) is 0 Å². The Bertz CT molecular complexity index is 167. The van der Waals surface area contributed by atoms with Crippen molar-refractivity contribution in [3.8, 4) is 0 Å². The number of hydrogen-bond acceptors (Lipinski definition) is 5. The van der Waals surface area contributed by atoms with Crippen LogP contribution >= 0.6 is 0 Å². The van der Waals surface area contributed by atoms with Gasteiger partial charge in [-0.3, -0.25) is 4.55 Å². The molecular formula is C3H8O6S. The highest BCUT2D eigenvalue weighted by atomic mass is 32.3. The predicted molar refractivity (Wildman–Crippen MR) is 30.6 cm³/mol. The lowest BCUT2D eigenvalue weighted by molar-refractivity contribution is 0.0585. The quantitative estimate of drug-likeness (QED) is 0.430. The molecule has 0 aliphatic heterocycles. The van der Waals surface area contributed by atoms with E-state index in [1.807, 2.05) is 0 Å². The van der Waals surface area contributed by atoms with E-state index in [1.165, 1.54) is 0 Å². The zero-order valence-corrected chi connectivity index (χ0v) is 5.78. The van der Waals surface area contributed by atoms with Gasteiger partial charge in [0.15, 0.2) is 0 Å².